The number of carbonyl (C=O) groups excluding carboxylic acids is 2. The fourth-order valence-corrected chi connectivity index (χ4v) is 3.42. The lowest BCUT2D eigenvalue weighted by Gasteiger charge is -2.33. The summed E-state index contributed by atoms with van der Waals surface area (Å²) >= 11 is 0. The third-order valence-corrected chi connectivity index (χ3v) is 5.24. The number of hydrogen-bond acceptors (Lipinski definition) is 3. The Kier molecular flexibility index (Phi) is 7.61. The number of nitrogens with two attached hydrogens (primary N) is 1. The second-order valence-corrected chi connectivity index (χ2v) is 7.25. The maximum absolute atomic E-state index is 12.9. The lowest BCUT2D eigenvalue weighted by Crippen LogP contribution is -2.54. The van der Waals surface area contributed by atoms with E-state index in [-0.39, 0.29) is 24.2 Å². The molecule has 5 nitrogen and oxygen atoms in total. The molecule has 2 amide bonds. The summed E-state index contributed by atoms with van der Waals surface area (Å²) in [6.07, 6.45) is 1.50. The van der Waals surface area contributed by atoms with Crippen LogP contribution in [0.15, 0.2) is 54.6 Å². The molecule has 0 aromatic heterocycles. The highest BCUT2D eigenvalue weighted by Crippen LogP contribution is 2.23. The number of aryl methyl sites for hydroxylation is 1. The van der Waals surface area contributed by atoms with Gasteiger partial charge in [-0.15, -0.1) is 12.4 Å². The molecular weight excluding hydrogens is 374 g/mol. The van der Waals surface area contributed by atoms with Crippen LogP contribution in [-0.4, -0.2) is 24.4 Å². The molecule has 2 aromatic carbocycles. The van der Waals surface area contributed by atoms with E-state index in [1.54, 1.807) is 11.8 Å². The van der Waals surface area contributed by atoms with Gasteiger partial charge in [0.15, 0.2) is 0 Å². The van der Waals surface area contributed by atoms with Crippen LogP contribution in [0.4, 0.5) is 5.69 Å². The number of hydrogen-bond donors (Lipinski definition) is 2. The van der Waals surface area contributed by atoms with Crippen LogP contribution in [0.1, 0.15) is 36.9 Å². The molecular formula is C22H28ClN3O2. The lowest BCUT2D eigenvalue weighted by molar-refractivity contribution is -0.130. The van der Waals surface area contributed by atoms with Crippen molar-refractivity contribution in [2.45, 2.75) is 38.8 Å². The minimum atomic E-state index is -0.502. The van der Waals surface area contributed by atoms with E-state index in [0.29, 0.717) is 13.0 Å². The first-order valence-electron chi connectivity index (χ1n) is 9.46. The topological polar surface area (TPSA) is 75.4 Å². The maximum atomic E-state index is 12.9. The predicted octanol–water partition coefficient (Wildman–Crippen LogP) is 3.36. The largest absolute Gasteiger partial charge is 0.344 e. The van der Waals surface area contributed by atoms with Gasteiger partial charge < -0.3 is 16.0 Å². The van der Waals surface area contributed by atoms with Gasteiger partial charge in [0.1, 0.15) is 6.04 Å². The molecule has 0 saturated carbocycles. The molecule has 1 heterocycles. The van der Waals surface area contributed by atoms with E-state index in [1.165, 1.54) is 0 Å². The molecule has 3 rings (SSSR count). The van der Waals surface area contributed by atoms with Crippen molar-refractivity contribution in [2.75, 3.05) is 11.4 Å². The summed E-state index contributed by atoms with van der Waals surface area (Å²) in [5, 5.41) is 2.92. The SMILES string of the molecule is Cc1ccc(N2CCCC(NC(=O)C(C)C(N)c3ccccc3)C2=O)cc1.Cl. The van der Waals surface area contributed by atoms with E-state index in [2.05, 4.69) is 5.32 Å². The van der Waals surface area contributed by atoms with E-state index in [9.17, 15) is 9.59 Å². The summed E-state index contributed by atoms with van der Waals surface area (Å²) in [6, 6.07) is 16.5. The Morgan fingerprint density at radius 2 is 1.79 bits per heavy atom. The molecule has 2 aromatic rings. The lowest BCUT2D eigenvalue weighted by atomic mass is 9.94. The van der Waals surface area contributed by atoms with Gasteiger partial charge in [-0.05, 0) is 37.5 Å². The number of anilines is 1. The summed E-state index contributed by atoms with van der Waals surface area (Å²) in [7, 11) is 0. The first-order valence-corrected chi connectivity index (χ1v) is 9.46. The second-order valence-electron chi connectivity index (χ2n) is 7.25. The summed E-state index contributed by atoms with van der Waals surface area (Å²) in [5.41, 5.74) is 9.19. The molecule has 150 valence electrons. The van der Waals surface area contributed by atoms with Crippen LogP contribution < -0.4 is 16.0 Å². The molecule has 3 atom stereocenters. The minimum Gasteiger partial charge on any atom is -0.344 e. The predicted molar refractivity (Wildman–Crippen MR) is 114 cm³/mol. The van der Waals surface area contributed by atoms with Gasteiger partial charge in [-0.3, -0.25) is 9.59 Å². The second kappa shape index (κ2) is 9.71. The Balaban J connectivity index is 0.00000280. The highest BCUT2D eigenvalue weighted by Gasteiger charge is 2.32. The van der Waals surface area contributed by atoms with Crippen LogP contribution in [0, 0.1) is 12.8 Å². The first kappa shape index (κ1) is 21.9. The van der Waals surface area contributed by atoms with E-state index in [4.69, 9.17) is 5.73 Å². The Labute approximate surface area is 172 Å². The van der Waals surface area contributed by atoms with Gasteiger partial charge >= 0.3 is 0 Å². The summed E-state index contributed by atoms with van der Waals surface area (Å²) in [5.74, 6) is -0.663. The van der Waals surface area contributed by atoms with Gasteiger partial charge in [-0.1, -0.05) is 55.0 Å². The van der Waals surface area contributed by atoms with E-state index in [0.717, 1.165) is 23.2 Å². The number of carbonyl (C=O) groups is 2. The van der Waals surface area contributed by atoms with E-state index >= 15 is 0 Å². The van der Waals surface area contributed by atoms with Gasteiger partial charge in [0.25, 0.3) is 0 Å². The molecule has 28 heavy (non-hydrogen) atoms. The third kappa shape index (κ3) is 4.91. The van der Waals surface area contributed by atoms with Crippen LogP contribution >= 0.6 is 12.4 Å². The van der Waals surface area contributed by atoms with Crippen molar-refractivity contribution in [3.05, 3.63) is 65.7 Å². The number of amides is 2. The zero-order valence-corrected chi connectivity index (χ0v) is 17.1. The van der Waals surface area contributed by atoms with Crippen molar-refractivity contribution in [3.8, 4) is 0 Å². The summed E-state index contributed by atoms with van der Waals surface area (Å²) in [4.78, 5) is 27.3. The monoisotopic (exact) mass is 401 g/mol. The van der Waals surface area contributed by atoms with Crippen molar-refractivity contribution in [1.29, 1.82) is 0 Å². The molecule has 0 bridgehead atoms. The van der Waals surface area contributed by atoms with Crippen LogP contribution in [0.25, 0.3) is 0 Å². The summed E-state index contributed by atoms with van der Waals surface area (Å²) in [6.45, 7) is 4.49. The molecule has 1 fully saturated rings. The van der Waals surface area contributed by atoms with Crippen molar-refractivity contribution in [1.82, 2.24) is 5.32 Å². The number of benzene rings is 2. The molecule has 6 heteroatoms. The van der Waals surface area contributed by atoms with Gasteiger partial charge in [-0.25, -0.2) is 0 Å². The zero-order chi connectivity index (χ0) is 19.4. The molecule has 1 aliphatic heterocycles. The molecule has 0 aliphatic carbocycles. The molecule has 3 N–H and O–H groups in total. The number of piperidine rings is 1. The standard InChI is InChI=1S/C22H27N3O2.ClH/c1-15-10-12-18(13-11-15)25-14-6-9-19(22(25)27)24-21(26)16(2)20(23)17-7-4-3-5-8-17;/h3-5,7-8,10-13,16,19-20H,6,9,14,23H2,1-2H3,(H,24,26);1H. The molecule has 1 saturated heterocycles. The van der Waals surface area contributed by atoms with E-state index in [1.807, 2.05) is 61.5 Å². The quantitative estimate of drug-likeness (QED) is 0.806. The number of rotatable bonds is 5. The van der Waals surface area contributed by atoms with Gasteiger partial charge in [-0.2, -0.15) is 0 Å². The zero-order valence-electron chi connectivity index (χ0n) is 16.3. The molecule has 1 aliphatic rings. The molecule has 3 unspecified atom stereocenters. The van der Waals surface area contributed by atoms with Crippen molar-refractivity contribution in [3.63, 3.8) is 0 Å². The average molecular weight is 402 g/mol. The first-order chi connectivity index (χ1) is 13.0. The maximum Gasteiger partial charge on any atom is 0.249 e. The Morgan fingerprint density at radius 1 is 1.14 bits per heavy atom. The van der Waals surface area contributed by atoms with E-state index < -0.39 is 18.0 Å². The van der Waals surface area contributed by atoms with Gasteiger partial charge in [0.2, 0.25) is 11.8 Å². The van der Waals surface area contributed by atoms with Gasteiger partial charge in [0, 0.05) is 18.3 Å². The molecule has 0 radical (unpaired) electrons. The van der Waals surface area contributed by atoms with Gasteiger partial charge in [0.05, 0.1) is 5.92 Å². The van der Waals surface area contributed by atoms with Crippen LogP contribution in [0.2, 0.25) is 0 Å². The third-order valence-electron chi connectivity index (χ3n) is 5.24. The highest BCUT2D eigenvalue weighted by atomic mass is 35.5. The Hall–Kier alpha value is -2.37. The van der Waals surface area contributed by atoms with Crippen LogP contribution in [-0.2, 0) is 9.59 Å². The normalized spacial score (nSPS) is 18.8. The number of nitrogens with one attached hydrogen (secondary N) is 1. The average Bonchev–Trinajstić information content (AvgIpc) is 2.70. The highest BCUT2D eigenvalue weighted by molar-refractivity contribution is 6.00. The minimum absolute atomic E-state index is 0. The smallest absolute Gasteiger partial charge is 0.249 e. The van der Waals surface area contributed by atoms with Crippen LogP contribution in [0.5, 0.6) is 0 Å². The number of halogens is 1. The Bertz CT molecular complexity index is 795. The number of nitrogens with zero attached hydrogens (tertiary/aromatic N) is 1. The fourth-order valence-electron chi connectivity index (χ4n) is 3.42. The van der Waals surface area contributed by atoms with Crippen molar-refractivity contribution in [2.24, 2.45) is 11.7 Å². The van der Waals surface area contributed by atoms with Crippen molar-refractivity contribution >= 4 is 29.9 Å². The fraction of sp³-hybridized carbons (Fsp3) is 0.364. The summed E-state index contributed by atoms with van der Waals surface area (Å²) < 4.78 is 0. The molecule has 0 spiro atoms. The van der Waals surface area contributed by atoms with Crippen molar-refractivity contribution < 1.29 is 9.59 Å². The Morgan fingerprint density at radius 3 is 2.43 bits per heavy atom. The van der Waals surface area contributed by atoms with Crippen LogP contribution in [0.3, 0.4) is 0 Å².